The lowest BCUT2D eigenvalue weighted by atomic mass is 10.1. The van der Waals surface area contributed by atoms with E-state index in [0.29, 0.717) is 0 Å². The molecular formula is C17H29NO. The molecule has 0 radical (unpaired) electrons. The topological polar surface area (TPSA) is 21.3 Å². The predicted molar refractivity (Wildman–Crippen MR) is 83.0 cm³/mol. The van der Waals surface area contributed by atoms with Crippen LogP contribution in [0.2, 0.25) is 0 Å². The van der Waals surface area contributed by atoms with Gasteiger partial charge in [0.15, 0.2) is 0 Å². The summed E-state index contributed by atoms with van der Waals surface area (Å²) < 4.78 is 5.80. The van der Waals surface area contributed by atoms with Crippen LogP contribution in [0.1, 0.15) is 50.2 Å². The molecule has 0 atom stereocenters. The van der Waals surface area contributed by atoms with E-state index in [2.05, 4.69) is 44.3 Å². The average Bonchev–Trinajstić information content (AvgIpc) is 2.36. The Morgan fingerprint density at radius 2 is 1.58 bits per heavy atom. The maximum atomic E-state index is 5.80. The molecule has 0 unspecified atom stereocenters. The second-order valence-corrected chi connectivity index (χ2v) is 5.34. The van der Waals surface area contributed by atoms with Crippen LogP contribution in [0.15, 0.2) is 18.2 Å². The van der Waals surface area contributed by atoms with Gasteiger partial charge < -0.3 is 10.1 Å². The van der Waals surface area contributed by atoms with Gasteiger partial charge in [-0.05, 0) is 69.5 Å². The van der Waals surface area contributed by atoms with Crippen molar-refractivity contribution in [2.24, 2.45) is 0 Å². The number of hydrogen-bond donors (Lipinski definition) is 1. The molecule has 0 amide bonds. The molecule has 1 aromatic carbocycles. The van der Waals surface area contributed by atoms with Crippen LogP contribution in [0, 0.1) is 13.8 Å². The molecule has 2 nitrogen and oxygen atoms in total. The molecule has 0 saturated carbocycles. The van der Waals surface area contributed by atoms with E-state index in [1.807, 2.05) is 0 Å². The normalized spacial score (nSPS) is 10.7. The Morgan fingerprint density at radius 1 is 0.895 bits per heavy atom. The van der Waals surface area contributed by atoms with Gasteiger partial charge in [0.2, 0.25) is 0 Å². The van der Waals surface area contributed by atoms with Crippen molar-refractivity contribution in [3.05, 3.63) is 29.3 Å². The van der Waals surface area contributed by atoms with Crippen molar-refractivity contribution in [3.63, 3.8) is 0 Å². The van der Waals surface area contributed by atoms with Crippen LogP contribution in [-0.4, -0.2) is 19.7 Å². The summed E-state index contributed by atoms with van der Waals surface area (Å²) in [5.74, 6) is 1.02. The summed E-state index contributed by atoms with van der Waals surface area (Å²) in [6, 6.07) is 6.40. The summed E-state index contributed by atoms with van der Waals surface area (Å²) in [6.45, 7) is 9.58. The van der Waals surface area contributed by atoms with E-state index >= 15 is 0 Å². The average molecular weight is 263 g/mol. The van der Waals surface area contributed by atoms with Crippen molar-refractivity contribution < 1.29 is 4.74 Å². The number of unbranched alkanes of at least 4 members (excludes halogenated alkanes) is 3. The molecule has 19 heavy (non-hydrogen) atoms. The summed E-state index contributed by atoms with van der Waals surface area (Å²) in [7, 11) is 0. The van der Waals surface area contributed by atoms with E-state index in [0.717, 1.165) is 31.9 Å². The zero-order valence-electron chi connectivity index (χ0n) is 12.8. The van der Waals surface area contributed by atoms with E-state index in [4.69, 9.17) is 4.74 Å². The van der Waals surface area contributed by atoms with Crippen molar-refractivity contribution in [1.82, 2.24) is 5.32 Å². The first-order valence-electron chi connectivity index (χ1n) is 7.64. The van der Waals surface area contributed by atoms with Gasteiger partial charge in [0, 0.05) is 0 Å². The standard InChI is InChI=1S/C17H29NO/c1-4-9-18-10-7-5-6-8-11-19-17-13-15(2)12-16(3)14-17/h12-14,18H,4-11H2,1-3H3. The number of aryl methyl sites for hydroxylation is 2. The molecule has 0 fully saturated rings. The third-order valence-electron chi connectivity index (χ3n) is 3.14. The highest BCUT2D eigenvalue weighted by atomic mass is 16.5. The fraction of sp³-hybridized carbons (Fsp3) is 0.647. The number of benzene rings is 1. The van der Waals surface area contributed by atoms with Crippen LogP contribution in [0.5, 0.6) is 5.75 Å². The molecule has 0 bridgehead atoms. The van der Waals surface area contributed by atoms with E-state index in [-0.39, 0.29) is 0 Å². The van der Waals surface area contributed by atoms with Crippen molar-refractivity contribution in [3.8, 4) is 5.75 Å². The quantitative estimate of drug-likeness (QED) is 0.637. The van der Waals surface area contributed by atoms with E-state index < -0.39 is 0 Å². The Morgan fingerprint density at radius 3 is 2.26 bits per heavy atom. The minimum atomic E-state index is 0.839. The highest BCUT2D eigenvalue weighted by Crippen LogP contribution is 2.16. The molecule has 1 N–H and O–H groups in total. The zero-order chi connectivity index (χ0) is 13.9. The van der Waals surface area contributed by atoms with Gasteiger partial charge >= 0.3 is 0 Å². The lowest BCUT2D eigenvalue weighted by molar-refractivity contribution is 0.304. The first-order valence-corrected chi connectivity index (χ1v) is 7.64. The Hall–Kier alpha value is -1.02. The molecule has 0 saturated heterocycles. The van der Waals surface area contributed by atoms with Gasteiger partial charge in [0.05, 0.1) is 6.61 Å². The van der Waals surface area contributed by atoms with Gasteiger partial charge in [-0.1, -0.05) is 25.8 Å². The third-order valence-corrected chi connectivity index (χ3v) is 3.14. The largest absolute Gasteiger partial charge is 0.494 e. The predicted octanol–water partition coefficient (Wildman–Crippen LogP) is 4.24. The van der Waals surface area contributed by atoms with Crippen molar-refractivity contribution in [2.75, 3.05) is 19.7 Å². The second kappa shape index (κ2) is 9.85. The maximum absolute atomic E-state index is 5.80. The summed E-state index contributed by atoms with van der Waals surface area (Å²) in [6.07, 6.45) is 6.22. The van der Waals surface area contributed by atoms with E-state index in [1.54, 1.807) is 0 Å². The molecular weight excluding hydrogens is 234 g/mol. The second-order valence-electron chi connectivity index (χ2n) is 5.34. The number of nitrogens with one attached hydrogen (secondary N) is 1. The van der Waals surface area contributed by atoms with Gasteiger partial charge in [-0.25, -0.2) is 0 Å². The smallest absolute Gasteiger partial charge is 0.119 e. The monoisotopic (exact) mass is 263 g/mol. The van der Waals surface area contributed by atoms with Gasteiger partial charge in [0.1, 0.15) is 5.75 Å². The van der Waals surface area contributed by atoms with Crippen LogP contribution in [0.25, 0.3) is 0 Å². The van der Waals surface area contributed by atoms with E-state index in [9.17, 15) is 0 Å². The number of rotatable bonds is 10. The molecule has 0 spiro atoms. The van der Waals surface area contributed by atoms with Gasteiger partial charge in [-0.2, -0.15) is 0 Å². The van der Waals surface area contributed by atoms with E-state index in [1.165, 1.54) is 36.8 Å². The molecule has 0 aliphatic rings. The highest BCUT2D eigenvalue weighted by Gasteiger charge is 1.97. The maximum Gasteiger partial charge on any atom is 0.119 e. The summed E-state index contributed by atoms with van der Waals surface area (Å²) in [5, 5.41) is 3.43. The van der Waals surface area contributed by atoms with Crippen molar-refractivity contribution >= 4 is 0 Å². The van der Waals surface area contributed by atoms with Crippen LogP contribution in [0.4, 0.5) is 0 Å². The van der Waals surface area contributed by atoms with Crippen LogP contribution < -0.4 is 10.1 Å². The van der Waals surface area contributed by atoms with Gasteiger partial charge in [-0.15, -0.1) is 0 Å². The van der Waals surface area contributed by atoms with Gasteiger partial charge in [-0.3, -0.25) is 0 Å². The molecule has 1 aromatic rings. The van der Waals surface area contributed by atoms with Crippen molar-refractivity contribution in [1.29, 1.82) is 0 Å². The lowest BCUT2D eigenvalue weighted by Gasteiger charge is -2.08. The highest BCUT2D eigenvalue weighted by molar-refractivity contribution is 5.32. The molecule has 2 heteroatoms. The molecule has 1 rings (SSSR count). The Labute approximate surface area is 118 Å². The first-order chi connectivity index (χ1) is 9.22. The number of ether oxygens (including phenoxy) is 1. The molecule has 0 heterocycles. The molecule has 0 aromatic heterocycles. The summed E-state index contributed by atoms with van der Waals surface area (Å²) >= 11 is 0. The van der Waals surface area contributed by atoms with Crippen LogP contribution >= 0.6 is 0 Å². The Bertz CT molecular complexity index is 329. The summed E-state index contributed by atoms with van der Waals surface area (Å²) in [5.41, 5.74) is 2.55. The third kappa shape index (κ3) is 7.89. The minimum absolute atomic E-state index is 0.839. The lowest BCUT2D eigenvalue weighted by Crippen LogP contribution is -2.15. The molecule has 108 valence electrons. The minimum Gasteiger partial charge on any atom is -0.494 e. The van der Waals surface area contributed by atoms with Crippen LogP contribution in [-0.2, 0) is 0 Å². The first kappa shape index (κ1) is 16.0. The molecule has 0 aliphatic heterocycles. The fourth-order valence-electron chi connectivity index (χ4n) is 2.21. The Kier molecular flexibility index (Phi) is 8.31. The van der Waals surface area contributed by atoms with Crippen LogP contribution in [0.3, 0.4) is 0 Å². The molecule has 0 aliphatic carbocycles. The SMILES string of the molecule is CCCNCCCCCCOc1cc(C)cc(C)c1. The Balaban J connectivity index is 2.01. The van der Waals surface area contributed by atoms with Gasteiger partial charge in [0.25, 0.3) is 0 Å². The zero-order valence-corrected chi connectivity index (χ0v) is 12.8. The van der Waals surface area contributed by atoms with Crippen molar-refractivity contribution in [2.45, 2.75) is 52.9 Å². The fourth-order valence-corrected chi connectivity index (χ4v) is 2.21. The summed E-state index contributed by atoms with van der Waals surface area (Å²) in [4.78, 5) is 0. The number of hydrogen-bond acceptors (Lipinski definition) is 2.